The second kappa shape index (κ2) is 7.34. The average molecular weight is 186 g/mol. The molecule has 0 aliphatic carbocycles. The van der Waals surface area contributed by atoms with Crippen molar-refractivity contribution in [1.29, 1.82) is 0 Å². The van der Waals surface area contributed by atoms with E-state index in [2.05, 4.69) is 33.1 Å². The summed E-state index contributed by atoms with van der Waals surface area (Å²) in [4.78, 5) is 0. The molecule has 0 fully saturated rings. The van der Waals surface area contributed by atoms with Crippen LogP contribution < -0.4 is 11.3 Å². The molecule has 0 aliphatic rings. The van der Waals surface area contributed by atoms with Crippen molar-refractivity contribution in [2.45, 2.75) is 59.4 Å². The predicted molar refractivity (Wildman–Crippen MR) is 59.3 cm³/mol. The summed E-state index contributed by atoms with van der Waals surface area (Å²) in [5.41, 5.74) is 3.01. The third kappa shape index (κ3) is 3.65. The Morgan fingerprint density at radius 2 is 1.15 bits per heavy atom. The summed E-state index contributed by atoms with van der Waals surface area (Å²) in [6.45, 7) is 9.00. The Kier molecular flexibility index (Phi) is 7.29. The Labute approximate surface area is 83.2 Å². The maximum atomic E-state index is 5.63. The minimum atomic E-state index is 0.505. The molecule has 0 saturated heterocycles. The number of hydrazine groups is 1. The van der Waals surface area contributed by atoms with Crippen LogP contribution in [0.15, 0.2) is 0 Å². The van der Waals surface area contributed by atoms with Gasteiger partial charge in [-0.25, -0.2) is 0 Å². The van der Waals surface area contributed by atoms with Crippen molar-refractivity contribution in [1.82, 2.24) is 5.43 Å². The van der Waals surface area contributed by atoms with Gasteiger partial charge in [-0.05, 0) is 11.8 Å². The molecule has 0 rings (SSSR count). The van der Waals surface area contributed by atoms with E-state index >= 15 is 0 Å². The number of nitrogens with two attached hydrogens (primary N) is 1. The van der Waals surface area contributed by atoms with Gasteiger partial charge in [0.15, 0.2) is 0 Å². The van der Waals surface area contributed by atoms with Gasteiger partial charge < -0.3 is 0 Å². The van der Waals surface area contributed by atoms with Crippen molar-refractivity contribution in [2.24, 2.45) is 17.7 Å². The maximum absolute atomic E-state index is 5.63. The zero-order chi connectivity index (χ0) is 10.3. The number of nitrogens with one attached hydrogen (secondary N) is 1. The number of hydrogen-bond acceptors (Lipinski definition) is 2. The smallest absolute Gasteiger partial charge is 0.0266 e. The minimum absolute atomic E-state index is 0.505. The first kappa shape index (κ1) is 12.9. The van der Waals surface area contributed by atoms with E-state index in [1.54, 1.807) is 0 Å². The molecule has 0 aromatic heterocycles. The van der Waals surface area contributed by atoms with Gasteiger partial charge in [-0.3, -0.25) is 11.3 Å². The lowest BCUT2D eigenvalue weighted by Crippen LogP contribution is -2.45. The Bertz CT molecular complexity index is 94.7. The van der Waals surface area contributed by atoms with Crippen LogP contribution in [0.25, 0.3) is 0 Å². The summed E-state index contributed by atoms with van der Waals surface area (Å²) in [6.07, 6.45) is 4.90. The van der Waals surface area contributed by atoms with E-state index in [1.807, 2.05) is 0 Å². The van der Waals surface area contributed by atoms with Crippen LogP contribution in [0.1, 0.15) is 53.4 Å². The van der Waals surface area contributed by atoms with E-state index in [1.165, 1.54) is 25.7 Å². The zero-order valence-corrected chi connectivity index (χ0v) is 9.64. The minimum Gasteiger partial charge on any atom is -0.271 e. The van der Waals surface area contributed by atoms with Gasteiger partial charge in [-0.1, -0.05) is 53.4 Å². The molecule has 0 atom stereocenters. The van der Waals surface area contributed by atoms with Gasteiger partial charge in [0, 0.05) is 6.04 Å². The van der Waals surface area contributed by atoms with Crippen LogP contribution in [0.5, 0.6) is 0 Å². The highest BCUT2D eigenvalue weighted by Crippen LogP contribution is 2.23. The van der Waals surface area contributed by atoms with Crippen LogP contribution in [-0.2, 0) is 0 Å². The third-order valence-corrected chi connectivity index (χ3v) is 3.31. The highest BCUT2D eigenvalue weighted by atomic mass is 15.2. The highest BCUT2D eigenvalue weighted by Gasteiger charge is 2.23. The van der Waals surface area contributed by atoms with Crippen LogP contribution in [0.3, 0.4) is 0 Å². The summed E-state index contributed by atoms with van der Waals surface area (Å²) in [5, 5.41) is 0. The normalized spacial score (nSPS) is 12.0. The van der Waals surface area contributed by atoms with Gasteiger partial charge in [0.2, 0.25) is 0 Å². The molecular weight excluding hydrogens is 160 g/mol. The van der Waals surface area contributed by atoms with Gasteiger partial charge in [0.25, 0.3) is 0 Å². The molecule has 0 aromatic carbocycles. The summed E-state index contributed by atoms with van der Waals surface area (Å²) >= 11 is 0. The van der Waals surface area contributed by atoms with Gasteiger partial charge in [0.05, 0.1) is 0 Å². The predicted octanol–water partition coefficient (Wildman–Crippen LogP) is 2.69. The van der Waals surface area contributed by atoms with Crippen molar-refractivity contribution in [2.75, 3.05) is 0 Å². The molecule has 0 amide bonds. The fourth-order valence-corrected chi connectivity index (χ4v) is 2.25. The van der Waals surface area contributed by atoms with Crippen molar-refractivity contribution in [3.05, 3.63) is 0 Å². The molecule has 3 N–H and O–H groups in total. The number of rotatable bonds is 7. The van der Waals surface area contributed by atoms with Gasteiger partial charge in [0.1, 0.15) is 0 Å². The van der Waals surface area contributed by atoms with Gasteiger partial charge in [-0.15, -0.1) is 0 Å². The standard InChI is InChI=1S/C11H26N2/c1-5-9(6-2)11(13-12)10(7-3)8-4/h9-11,13H,5-8,12H2,1-4H3. The molecule has 0 aliphatic heterocycles. The molecule has 0 aromatic rings. The molecule has 0 bridgehead atoms. The average Bonchev–Trinajstić information content (AvgIpc) is 2.18. The lowest BCUT2D eigenvalue weighted by atomic mass is 9.82. The van der Waals surface area contributed by atoms with E-state index in [4.69, 9.17) is 5.84 Å². The topological polar surface area (TPSA) is 38.0 Å². The Balaban J connectivity index is 4.26. The second-order valence-corrected chi connectivity index (χ2v) is 3.85. The van der Waals surface area contributed by atoms with E-state index in [0.717, 1.165) is 11.8 Å². The fraction of sp³-hybridized carbons (Fsp3) is 1.00. The zero-order valence-electron chi connectivity index (χ0n) is 9.64. The van der Waals surface area contributed by atoms with Crippen LogP contribution in [0, 0.1) is 11.8 Å². The molecular formula is C11H26N2. The quantitative estimate of drug-likeness (QED) is 0.474. The van der Waals surface area contributed by atoms with Crippen LogP contribution in [-0.4, -0.2) is 6.04 Å². The Hall–Kier alpha value is -0.0800. The maximum Gasteiger partial charge on any atom is 0.0266 e. The van der Waals surface area contributed by atoms with Crippen molar-refractivity contribution < 1.29 is 0 Å². The Morgan fingerprint density at radius 1 is 0.846 bits per heavy atom. The van der Waals surface area contributed by atoms with Crippen LogP contribution >= 0.6 is 0 Å². The molecule has 2 heteroatoms. The highest BCUT2D eigenvalue weighted by molar-refractivity contribution is 4.78. The lowest BCUT2D eigenvalue weighted by molar-refractivity contribution is 0.234. The molecule has 80 valence electrons. The first-order chi connectivity index (χ1) is 6.24. The van der Waals surface area contributed by atoms with E-state index < -0.39 is 0 Å². The molecule has 0 heterocycles. The third-order valence-electron chi connectivity index (χ3n) is 3.31. The first-order valence-corrected chi connectivity index (χ1v) is 5.71. The molecule has 2 nitrogen and oxygen atoms in total. The molecule has 0 unspecified atom stereocenters. The van der Waals surface area contributed by atoms with Gasteiger partial charge >= 0.3 is 0 Å². The Morgan fingerprint density at radius 3 is 1.31 bits per heavy atom. The monoisotopic (exact) mass is 186 g/mol. The number of hydrogen-bond donors (Lipinski definition) is 2. The van der Waals surface area contributed by atoms with Crippen LogP contribution in [0.2, 0.25) is 0 Å². The molecule has 13 heavy (non-hydrogen) atoms. The lowest BCUT2D eigenvalue weighted by Gasteiger charge is -2.31. The van der Waals surface area contributed by atoms with Gasteiger partial charge in [-0.2, -0.15) is 0 Å². The van der Waals surface area contributed by atoms with Crippen LogP contribution in [0.4, 0.5) is 0 Å². The van der Waals surface area contributed by atoms with E-state index in [-0.39, 0.29) is 0 Å². The molecule has 0 radical (unpaired) electrons. The fourth-order valence-electron chi connectivity index (χ4n) is 2.25. The SMILES string of the molecule is CCC(CC)C(NN)C(CC)CC. The summed E-state index contributed by atoms with van der Waals surface area (Å²) < 4.78 is 0. The molecule has 0 saturated carbocycles. The van der Waals surface area contributed by atoms with Crippen molar-refractivity contribution >= 4 is 0 Å². The van der Waals surface area contributed by atoms with E-state index in [9.17, 15) is 0 Å². The summed E-state index contributed by atoms with van der Waals surface area (Å²) in [6, 6.07) is 0.505. The summed E-state index contributed by atoms with van der Waals surface area (Å²) in [7, 11) is 0. The van der Waals surface area contributed by atoms with Crippen molar-refractivity contribution in [3.63, 3.8) is 0 Å². The molecule has 0 spiro atoms. The largest absolute Gasteiger partial charge is 0.271 e. The van der Waals surface area contributed by atoms with E-state index in [0.29, 0.717) is 6.04 Å². The summed E-state index contributed by atoms with van der Waals surface area (Å²) in [5.74, 6) is 7.09. The first-order valence-electron chi connectivity index (χ1n) is 5.71. The van der Waals surface area contributed by atoms with Crippen molar-refractivity contribution in [3.8, 4) is 0 Å². The second-order valence-electron chi connectivity index (χ2n) is 3.85.